The predicted molar refractivity (Wildman–Crippen MR) is 94.2 cm³/mol. The maximum atomic E-state index is 12.4. The van der Waals surface area contributed by atoms with Crippen LogP contribution in [0.3, 0.4) is 0 Å². The number of hydrogen-bond acceptors (Lipinski definition) is 2. The van der Waals surface area contributed by atoms with Gasteiger partial charge in [0.25, 0.3) is 5.91 Å². The molecule has 0 fully saturated rings. The summed E-state index contributed by atoms with van der Waals surface area (Å²) in [6.07, 6.45) is 0. The molecule has 0 aliphatic heterocycles. The molecule has 108 valence electrons. The van der Waals surface area contributed by atoms with Crippen molar-refractivity contribution in [3.63, 3.8) is 0 Å². The van der Waals surface area contributed by atoms with Gasteiger partial charge in [-0.05, 0) is 46.6 Å². The Morgan fingerprint density at radius 1 is 1.29 bits per heavy atom. The Labute approximate surface area is 141 Å². The van der Waals surface area contributed by atoms with Crippen LogP contribution in [0.25, 0.3) is 0 Å². The average molecular weight is 384 g/mol. The zero-order valence-electron chi connectivity index (χ0n) is 11.1. The monoisotopic (exact) mass is 382 g/mol. The lowest BCUT2D eigenvalue weighted by Gasteiger charge is -2.13. The lowest BCUT2D eigenvalue weighted by molar-refractivity contribution is 0.102. The van der Waals surface area contributed by atoms with Gasteiger partial charge in [-0.25, -0.2) is 0 Å². The molecule has 1 amide bonds. The zero-order chi connectivity index (χ0) is 15.6. The van der Waals surface area contributed by atoms with Crippen molar-refractivity contribution in [1.29, 1.82) is 0 Å². The van der Waals surface area contributed by atoms with E-state index in [0.717, 1.165) is 5.56 Å². The third-order valence-corrected chi connectivity index (χ3v) is 4.46. The van der Waals surface area contributed by atoms with Crippen LogP contribution in [0.4, 0.5) is 5.69 Å². The van der Waals surface area contributed by atoms with Crippen molar-refractivity contribution in [2.45, 2.75) is 6.92 Å². The molecule has 0 heterocycles. The van der Waals surface area contributed by atoms with E-state index in [0.29, 0.717) is 26.3 Å². The first kappa shape index (κ1) is 15.9. The molecule has 21 heavy (non-hydrogen) atoms. The van der Waals surface area contributed by atoms with Crippen molar-refractivity contribution < 1.29 is 4.79 Å². The standard InChI is InChI=1S/C15H12BrClN2OS/c1-8-4-2-7-11(12(8)14(18)21)19-15(20)9-5-3-6-10(16)13(9)17/h2-7H,1H3,(H2,18,21)(H,19,20). The number of halogens is 2. The first-order chi connectivity index (χ1) is 9.91. The Kier molecular flexibility index (Phi) is 4.98. The maximum absolute atomic E-state index is 12.4. The number of aryl methyl sites for hydroxylation is 1. The number of carbonyl (C=O) groups is 1. The van der Waals surface area contributed by atoms with E-state index in [9.17, 15) is 4.79 Å². The van der Waals surface area contributed by atoms with E-state index in [4.69, 9.17) is 29.6 Å². The Morgan fingerprint density at radius 3 is 2.62 bits per heavy atom. The lowest BCUT2D eigenvalue weighted by atomic mass is 10.1. The Hall–Kier alpha value is -1.43. The number of carbonyl (C=O) groups excluding carboxylic acids is 1. The zero-order valence-corrected chi connectivity index (χ0v) is 14.3. The lowest BCUT2D eigenvalue weighted by Crippen LogP contribution is -2.19. The van der Waals surface area contributed by atoms with Crippen molar-refractivity contribution in [2.24, 2.45) is 5.73 Å². The molecule has 2 rings (SSSR count). The number of nitrogens with two attached hydrogens (primary N) is 1. The summed E-state index contributed by atoms with van der Waals surface area (Å²) >= 11 is 14.5. The van der Waals surface area contributed by atoms with Gasteiger partial charge >= 0.3 is 0 Å². The fraction of sp³-hybridized carbons (Fsp3) is 0.0667. The van der Waals surface area contributed by atoms with E-state index < -0.39 is 0 Å². The molecule has 0 unspecified atom stereocenters. The number of rotatable bonds is 3. The van der Waals surface area contributed by atoms with Gasteiger partial charge < -0.3 is 11.1 Å². The van der Waals surface area contributed by atoms with Crippen LogP contribution in [-0.2, 0) is 0 Å². The second-order valence-electron chi connectivity index (χ2n) is 4.42. The number of amides is 1. The average Bonchev–Trinajstić information content (AvgIpc) is 2.41. The SMILES string of the molecule is Cc1cccc(NC(=O)c2cccc(Br)c2Cl)c1C(N)=S. The molecule has 3 N–H and O–H groups in total. The fourth-order valence-electron chi connectivity index (χ4n) is 1.97. The minimum absolute atomic E-state index is 0.240. The van der Waals surface area contributed by atoms with Crippen molar-refractivity contribution in [3.05, 3.63) is 62.6 Å². The minimum Gasteiger partial charge on any atom is -0.389 e. The van der Waals surface area contributed by atoms with E-state index in [1.165, 1.54) is 0 Å². The molecule has 0 aliphatic carbocycles. The van der Waals surface area contributed by atoms with Crippen molar-refractivity contribution in [2.75, 3.05) is 5.32 Å². The molecule has 0 bridgehead atoms. The summed E-state index contributed by atoms with van der Waals surface area (Å²) < 4.78 is 0.663. The van der Waals surface area contributed by atoms with Crippen LogP contribution in [0.1, 0.15) is 21.5 Å². The second-order valence-corrected chi connectivity index (χ2v) is 6.09. The van der Waals surface area contributed by atoms with Crippen molar-refractivity contribution in [1.82, 2.24) is 0 Å². The van der Waals surface area contributed by atoms with Gasteiger partial charge in [0.2, 0.25) is 0 Å². The van der Waals surface area contributed by atoms with Crippen LogP contribution in [-0.4, -0.2) is 10.9 Å². The molecule has 0 aromatic heterocycles. The molecule has 0 saturated carbocycles. The van der Waals surface area contributed by atoms with Crippen molar-refractivity contribution in [3.8, 4) is 0 Å². The van der Waals surface area contributed by atoms with Crippen LogP contribution in [0, 0.1) is 6.92 Å². The largest absolute Gasteiger partial charge is 0.389 e. The summed E-state index contributed by atoms with van der Waals surface area (Å²) in [5, 5.41) is 3.17. The molecule has 6 heteroatoms. The number of nitrogens with one attached hydrogen (secondary N) is 1. The molecule has 0 saturated heterocycles. The summed E-state index contributed by atoms with van der Waals surface area (Å²) in [6, 6.07) is 10.6. The highest BCUT2D eigenvalue weighted by Crippen LogP contribution is 2.27. The van der Waals surface area contributed by atoms with E-state index in [-0.39, 0.29) is 10.9 Å². The molecular formula is C15H12BrClN2OS. The van der Waals surface area contributed by atoms with E-state index in [1.807, 2.05) is 19.1 Å². The first-order valence-corrected chi connectivity index (χ1v) is 7.64. The predicted octanol–water partition coefficient (Wildman–Crippen LogP) is 4.30. The summed E-state index contributed by atoms with van der Waals surface area (Å²) in [5.41, 5.74) is 8.24. The Balaban J connectivity index is 2.39. The van der Waals surface area contributed by atoms with E-state index >= 15 is 0 Å². The smallest absolute Gasteiger partial charge is 0.257 e. The van der Waals surface area contributed by atoms with E-state index in [1.54, 1.807) is 24.3 Å². The first-order valence-electron chi connectivity index (χ1n) is 6.06. The number of benzene rings is 2. The molecular weight excluding hydrogens is 372 g/mol. The van der Waals surface area contributed by atoms with Gasteiger partial charge in [-0.15, -0.1) is 0 Å². The summed E-state index contributed by atoms with van der Waals surface area (Å²) in [4.78, 5) is 12.6. The van der Waals surface area contributed by atoms with Crippen LogP contribution in [0.15, 0.2) is 40.9 Å². The maximum Gasteiger partial charge on any atom is 0.257 e. The number of anilines is 1. The summed E-state index contributed by atoms with van der Waals surface area (Å²) in [6.45, 7) is 1.89. The van der Waals surface area contributed by atoms with E-state index in [2.05, 4.69) is 21.2 Å². The normalized spacial score (nSPS) is 10.2. The van der Waals surface area contributed by atoms with Crippen LogP contribution in [0.5, 0.6) is 0 Å². The quantitative estimate of drug-likeness (QED) is 0.777. The van der Waals surface area contributed by atoms with Gasteiger partial charge in [0.15, 0.2) is 0 Å². The second kappa shape index (κ2) is 6.56. The molecule has 2 aromatic carbocycles. The van der Waals surface area contributed by atoms with Crippen LogP contribution < -0.4 is 11.1 Å². The third-order valence-electron chi connectivity index (χ3n) is 2.96. The molecule has 0 aliphatic rings. The van der Waals surface area contributed by atoms with Gasteiger partial charge in [-0.1, -0.05) is 42.0 Å². The molecule has 0 spiro atoms. The Bertz CT molecular complexity index is 734. The molecule has 0 atom stereocenters. The summed E-state index contributed by atoms with van der Waals surface area (Å²) in [5.74, 6) is -0.315. The molecule has 3 nitrogen and oxygen atoms in total. The number of thiocarbonyl (C=S) groups is 1. The van der Waals surface area contributed by atoms with Gasteiger partial charge in [-0.3, -0.25) is 4.79 Å². The topological polar surface area (TPSA) is 55.1 Å². The summed E-state index contributed by atoms with van der Waals surface area (Å²) in [7, 11) is 0. The highest BCUT2D eigenvalue weighted by molar-refractivity contribution is 9.10. The van der Waals surface area contributed by atoms with Crippen molar-refractivity contribution >= 4 is 56.3 Å². The van der Waals surface area contributed by atoms with Gasteiger partial charge in [-0.2, -0.15) is 0 Å². The minimum atomic E-state index is -0.315. The molecule has 0 radical (unpaired) electrons. The van der Waals surface area contributed by atoms with Gasteiger partial charge in [0, 0.05) is 10.0 Å². The fourth-order valence-corrected chi connectivity index (χ4v) is 2.82. The van der Waals surface area contributed by atoms with Gasteiger partial charge in [0.1, 0.15) is 4.99 Å². The van der Waals surface area contributed by atoms with Gasteiger partial charge in [0.05, 0.1) is 16.3 Å². The van der Waals surface area contributed by atoms with Crippen LogP contribution >= 0.6 is 39.7 Å². The third kappa shape index (κ3) is 3.43. The number of hydrogen-bond donors (Lipinski definition) is 2. The Morgan fingerprint density at radius 2 is 1.95 bits per heavy atom. The van der Waals surface area contributed by atoms with Crippen LogP contribution in [0.2, 0.25) is 5.02 Å². The highest BCUT2D eigenvalue weighted by atomic mass is 79.9. The highest BCUT2D eigenvalue weighted by Gasteiger charge is 2.15. The molecule has 2 aromatic rings.